The molecule has 2 N–H and O–H groups in total. The van der Waals surface area contributed by atoms with Crippen LogP contribution in [0.3, 0.4) is 0 Å². The number of anilines is 2. The van der Waals surface area contributed by atoms with Gasteiger partial charge >= 0.3 is 6.09 Å². The van der Waals surface area contributed by atoms with E-state index in [2.05, 4.69) is 32.3 Å². The predicted octanol–water partition coefficient (Wildman–Crippen LogP) is 1.70. The van der Waals surface area contributed by atoms with E-state index in [0.717, 1.165) is 37.0 Å². The molecule has 1 aromatic heterocycles. The second-order valence-electron chi connectivity index (χ2n) is 7.26. The fourth-order valence-corrected chi connectivity index (χ4v) is 4.01. The van der Waals surface area contributed by atoms with Crippen LogP contribution in [0.1, 0.15) is 12.8 Å². The van der Waals surface area contributed by atoms with E-state index in [1.807, 2.05) is 12.1 Å². The van der Waals surface area contributed by atoms with Crippen molar-refractivity contribution >= 4 is 52.2 Å². The largest absolute Gasteiger partial charge is 0.487 e. The summed E-state index contributed by atoms with van der Waals surface area (Å²) in [6, 6.07) is 3.82. The molecule has 0 aromatic carbocycles. The lowest BCUT2D eigenvalue weighted by molar-refractivity contribution is 0.142. The van der Waals surface area contributed by atoms with Crippen molar-refractivity contribution in [2.24, 2.45) is 5.92 Å². The number of nitrogens with zero attached hydrogens (tertiary/aromatic N) is 4. The highest BCUT2D eigenvalue weighted by Crippen LogP contribution is 2.32. The molecule has 0 bridgehead atoms. The molecule has 1 atom stereocenters. The Balaban J connectivity index is 1.32. The van der Waals surface area contributed by atoms with E-state index < -0.39 is 6.09 Å². The number of cyclic esters (lactones) is 1. The third-order valence-corrected chi connectivity index (χ3v) is 5.98. The lowest BCUT2D eigenvalue weighted by Gasteiger charge is -2.37. The van der Waals surface area contributed by atoms with Gasteiger partial charge in [-0.05, 0) is 37.2 Å². The molecule has 10 heteroatoms. The summed E-state index contributed by atoms with van der Waals surface area (Å²) in [5.41, 5.74) is 0.691. The van der Waals surface area contributed by atoms with Gasteiger partial charge in [-0.2, -0.15) is 0 Å². The highest BCUT2D eigenvalue weighted by molar-refractivity contribution is 7.80. The van der Waals surface area contributed by atoms with Crippen molar-refractivity contribution in [3.8, 4) is 0 Å². The summed E-state index contributed by atoms with van der Waals surface area (Å²) < 4.78 is 5.28. The van der Waals surface area contributed by atoms with Gasteiger partial charge in [0.05, 0.1) is 30.0 Å². The Labute approximate surface area is 174 Å². The zero-order chi connectivity index (χ0) is 19.7. The van der Waals surface area contributed by atoms with Crippen LogP contribution in [0.2, 0.25) is 0 Å². The highest BCUT2D eigenvalue weighted by Gasteiger charge is 2.33. The average molecular weight is 422 g/mol. The quantitative estimate of drug-likeness (QED) is 0.691. The van der Waals surface area contributed by atoms with Crippen molar-refractivity contribution in [1.82, 2.24) is 15.2 Å². The molecule has 8 nitrogen and oxygen atoms in total. The summed E-state index contributed by atoms with van der Waals surface area (Å²) in [6.07, 6.45) is 3.38. The second kappa shape index (κ2) is 8.04. The number of piperazine rings is 1. The van der Waals surface area contributed by atoms with Gasteiger partial charge in [0.1, 0.15) is 11.9 Å². The first-order chi connectivity index (χ1) is 13.5. The van der Waals surface area contributed by atoms with Crippen LogP contribution in [-0.4, -0.2) is 76.6 Å². The van der Waals surface area contributed by atoms with Crippen LogP contribution in [0.5, 0.6) is 0 Å². The Hall–Kier alpha value is -2.20. The van der Waals surface area contributed by atoms with Crippen LogP contribution in [0.4, 0.5) is 16.3 Å². The van der Waals surface area contributed by atoms with E-state index in [1.54, 1.807) is 6.20 Å². The van der Waals surface area contributed by atoms with Crippen LogP contribution in [-0.2, 0) is 4.74 Å². The summed E-state index contributed by atoms with van der Waals surface area (Å²) >= 11 is 10.1. The normalized spacial score (nSPS) is 22.2. The predicted molar refractivity (Wildman–Crippen MR) is 114 cm³/mol. The topological polar surface area (TPSA) is 81.2 Å². The van der Waals surface area contributed by atoms with Crippen LogP contribution in [0, 0.1) is 5.92 Å². The van der Waals surface area contributed by atoms with Gasteiger partial charge in [-0.3, -0.25) is 4.90 Å². The van der Waals surface area contributed by atoms with E-state index in [9.17, 15) is 4.79 Å². The van der Waals surface area contributed by atoms with Gasteiger partial charge in [0.25, 0.3) is 5.17 Å². The van der Waals surface area contributed by atoms with E-state index >= 15 is 0 Å². The number of hydrogen-bond donors (Lipinski definition) is 2. The monoisotopic (exact) mass is 421 g/mol. The number of aliphatic hydroxyl groups excluding tert-OH is 1. The van der Waals surface area contributed by atoms with Crippen molar-refractivity contribution in [1.29, 1.82) is 0 Å². The van der Waals surface area contributed by atoms with Gasteiger partial charge in [0.15, 0.2) is 0 Å². The molecule has 3 heterocycles. The highest BCUT2D eigenvalue weighted by atomic mass is 32.1. The Morgan fingerprint density at radius 2 is 2.00 bits per heavy atom. The fraction of sp³-hybridized carbons (Fsp3) is 0.556. The number of aromatic nitrogens is 1. The third-order valence-electron chi connectivity index (χ3n) is 5.24. The first-order valence-electron chi connectivity index (χ1n) is 9.46. The molecule has 1 saturated carbocycles. The summed E-state index contributed by atoms with van der Waals surface area (Å²) in [6.45, 7) is 4.29. The van der Waals surface area contributed by atoms with Gasteiger partial charge in [0, 0.05) is 32.1 Å². The molecule has 150 valence electrons. The molecule has 1 unspecified atom stereocenters. The zero-order valence-electron chi connectivity index (χ0n) is 15.4. The standard InChI is InChI=1S/C18H23N5O3S2/c24-17(28)20-10-14-11-23(18(25)26-14)13-3-4-15(19-9-13)21-5-7-22(8-6-21)16(27)12-1-2-12/h3-4,9,12,14H,1-2,5-8,10-11H2,(H2,20,24,28). The molecule has 4 rings (SSSR count). The molecule has 28 heavy (non-hydrogen) atoms. The zero-order valence-corrected chi connectivity index (χ0v) is 17.0. The lowest BCUT2D eigenvalue weighted by atomic mass is 10.2. The van der Waals surface area contributed by atoms with Crippen molar-refractivity contribution in [3.63, 3.8) is 0 Å². The average Bonchev–Trinajstić information content (AvgIpc) is 3.49. The molecule has 1 aliphatic carbocycles. The molecular weight excluding hydrogens is 398 g/mol. The smallest absolute Gasteiger partial charge is 0.414 e. The molecular formula is C18H23N5O3S2. The number of amides is 1. The molecule has 2 saturated heterocycles. The summed E-state index contributed by atoms with van der Waals surface area (Å²) in [5, 5.41) is 11.3. The molecule has 3 fully saturated rings. The number of carbonyl (C=O) groups excluding carboxylic acids is 1. The number of carbonyl (C=O) groups is 1. The minimum atomic E-state index is -0.424. The van der Waals surface area contributed by atoms with Crippen LogP contribution >= 0.6 is 24.4 Å². The third kappa shape index (κ3) is 4.27. The molecule has 1 aromatic rings. The van der Waals surface area contributed by atoms with Crippen LogP contribution in [0.25, 0.3) is 0 Å². The first kappa shape index (κ1) is 19.1. The molecule has 2 aliphatic heterocycles. The van der Waals surface area contributed by atoms with Crippen LogP contribution < -0.4 is 15.1 Å². The summed E-state index contributed by atoms with van der Waals surface area (Å²) in [5.74, 6) is 1.53. The van der Waals surface area contributed by atoms with Crippen molar-refractivity contribution < 1.29 is 14.6 Å². The Morgan fingerprint density at radius 1 is 1.25 bits per heavy atom. The number of hydrogen-bond acceptors (Lipinski definition) is 6. The lowest BCUT2D eigenvalue weighted by Crippen LogP contribution is -2.49. The van der Waals surface area contributed by atoms with Crippen molar-refractivity contribution in [2.75, 3.05) is 49.1 Å². The van der Waals surface area contributed by atoms with Gasteiger partial charge < -0.3 is 25.0 Å². The first-order valence-corrected chi connectivity index (χ1v) is 10.3. The summed E-state index contributed by atoms with van der Waals surface area (Å²) in [7, 11) is 0. The Morgan fingerprint density at radius 3 is 2.61 bits per heavy atom. The number of pyridine rings is 1. The van der Waals surface area contributed by atoms with E-state index in [4.69, 9.17) is 22.1 Å². The Bertz CT molecular complexity index is 763. The van der Waals surface area contributed by atoms with Crippen molar-refractivity contribution in [2.45, 2.75) is 18.9 Å². The minimum Gasteiger partial charge on any atom is -0.487 e. The van der Waals surface area contributed by atoms with Gasteiger partial charge in [-0.25, -0.2) is 9.78 Å². The summed E-state index contributed by atoms with van der Waals surface area (Å²) in [4.78, 5) is 23.9. The van der Waals surface area contributed by atoms with Gasteiger partial charge in [-0.15, -0.1) is 0 Å². The van der Waals surface area contributed by atoms with E-state index in [-0.39, 0.29) is 17.8 Å². The molecule has 0 spiro atoms. The number of aliphatic hydroxyl groups is 1. The van der Waals surface area contributed by atoms with E-state index in [0.29, 0.717) is 18.2 Å². The van der Waals surface area contributed by atoms with Gasteiger partial charge in [-0.1, -0.05) is 12.2 Å². The SMILES string of the molecule is O=C1OC(CNC(O)=S)CN1c1ccc(N2CCN(C(=S)C3CC3)CC2)nc1. The molecule has 0 radical (unpaired) electrons. The maximum absolute atomic E-state index is 12.1. The second-order valence-corrected chi connectivity index (χ2v) is 8.07. The number of thiocarbonyl (C=S) groups is 2. The Kier molecular flexibility index (Phi) is 5.49. The van der Waals surface area contributed by atoms with Crippen LogP contribution in [0.15, 0.2) is 18.3 Å². The number of nitrogens with one attached hydrogen (secondary N) is 1. The van der Waals surface area contributed by atoms with Crippen molar-refractivity contribution in [3.05, 3.63) is 18.3 Å². The number of ether oxygens (including phenoxy) is 1. The number of rotatable bonds is 5. The maximum Gasteiger partial charge on any atom is 0.414 e. The maximum atomic E-state index is 12.1. The van der Waals surface area contributed by atoms with E-state index in [1.165, 1.54) is 17.7 Å². The molecule has 3 aliphatic rings. The molecule has 1 amide bonds. The minimum absolute atomic E-state index is 0.274. The fourth-order valence-electron chi connectivity index (χ4n) is 3.51. The van der Waals surface area contributed by atoms with Gasteiger partial charge in [0.2, 0.25) is 0 Å².